The van der Waals surface area contributed by atoms with E-state index in [-0.39, 0.29) is 5.82 Å². The second-order valence-electron chi connectivity index (χ2n) is 6.30. The van der Waals surface area contributed by atoms with E-state index in [9.17, 15) is 4.39 Å². The Balaban J connectivity index is 1.58. The smallest absolute Gasteiger partial charge is 0.247 e. The highest BCUT2D eigenvalue weighted by Gasteiger charge is 2.21. The molecule has 1 aliphatic heterocycles. The molecule has 0 atom stereocenters. The SMILES string of the molecule is CN(C)CCNc1cnnc(N2CCN(c3ccccc3F)CC2)n1. The minimum Gasteiger partial charge on any atom is -0.367 e. The Labute approximate surface area is 147 Å². The van der Waals surface area contributed by atoms with Crippen LogP contribution in [0, 0.1) is 5.82 Å². The molecule has 8 heteroatoms. The lowest BCUT2D eigenvalue weighted by atomic mass is 10.2. The molecular formula is C17H24FN7. The fourth-order valence-electron chi connectivity index (χ4n) is 2.78. The lowest BCUT2D eigenvalue weighted by Gasteiger charge is -2.36. The molecule has 0 spiro atoms. The first-order valence-corrected chi connectivity index (χ1v) is 8.46. The van der Waals surface area contributed by atoms with Crippen molar-refractivity contribution in [3.63, 3.8) is 0 Å². The van der Waals surface area contributed by atoms with Crippen LogP contribution in [0.2, 0.25) is 0 Å². The van der Waals surface area contributed by atoms with Crippen molar-refractivity contribution in [3.8, 4) is 0 Å². The lowest BCUT2D eigenvalue weighted by Crippen LogP contribution is -2.47. The summed E-state index contributed by atoms with van der Waals surface area (Å²) in [6.45, 7) is 4.63. The maximum Gasteiger partial charge on any atom is 0.247 e. The molecule has 0 saturated carbocycles. The Bertz CT molecular complexity index is 686. The first-order valence-electron chi connectivity index (χ1n) is 8.46. The van der Waals surface area contributed by atoms with Crippen LogP contribution < -0.4 is 15.1 Å². The van der Waals surface area contributed by atoms with Crippen LogP contribution in [-0.4, -0.2) is 73.4 Å². The minimum atomic E-state index is -0.180. The number of rotatable bonds is 6. The molecule has 2 heterocycles. The number of nitrogens with one attached hydrogen (secondary N) is 1. The van der Waals surface area contributed by atoms with Crippen LogP contribution >= 0.6 is 0 Å². The van der Waals surface area contributed by atoms with Crippen molar-refractivity contribution in [2.45, 2.75) is 0 Å². The average molecular weight is 345 g/mol. The van der Waals surface area contributed by atoms with E-state index in [1.807, 2.05) is 26.2 Å². The molecular weight excluding hydrogens is 321 g/mol. The molecule has 7 nitrogen and oxygen atoms in total. The van der Waals surface area contributed by atoms with E-state index in [1.165, 1.54) is 6.07 Å². The number of para-hydroxylation sites is 1. The van der Waals surface area contributed by atoms with Crippen molar-refractivity contribution in [1.29, 1.82) is 0 Å². The molecule has 134 valence electrons. The van der Waals surface area contributed by atoms with Gasteiger partial charge in [0, 0.05) is 39.3 Å². The maximum absolute atomic E-state index is 13.9. The van der Waals surface area contributed by atoms with Crippen molar-refractivity contribution in [2.24, 2.45) is 0 Å². The van der Waals surface area contributed by atoms with Gasteiger partial charge in [0.2, 0.25) is 5.95 Å². The normalized spacial score (nSPS) is 14.9. The third kappa shape index (κ3) is 4.54. The Morgan fingerprint density at radius 2 is 1.84 bits per heavy atom. The van der Waals surface area contributed by atoms with E-state index >= 15 is 0 Å². The standard InChI is InChI=1S/C17H24FN7/c1-23(2)8-7-19-16-13-20-22-17(21-16)25-11-9-24(10-12-25)15-6-4-3-5-14(15)18/h3-6,13H,7-12H2,1-2H3,(H,19,21,22). The van der Waals surface area contributed by atoms with Crippen molar-refractivity contribution in [2.75, 3.05) is 68.5 Å². The summed E-state index contributed by atoms with van der Waals surface area (Å²) in [6.07, 6.45) is 1.63. The Kier molecular flexibility index (Phi) is 5.60. The monoisotopic (exact) mass is 345 g/mol. The van der Waals surface area contributed by atoms with E-state index in [0.29, 0.717) is 11.6 Å². The zero-order valence-corrected chi connectivity index (χ0v) is 14.7. The molecule has 1 aromatic carbocycles. The van der Waals surface area contributed by atoms with Gasteiger partial charge in [-0.25, -0.2) is 4.39 Å². The largest absolute Gasteiger partial charge is 0.367 e. The second kappa shape index (κ2) is 8.06. The summed E-state index contributed by atoms with van der Waals surface area (Å²) >= 11 is 0. The zero-order valence-electron chi connectivity index (χ0n) is 14.7. The lowest BCUT2D eigenvalue weighted by molar-refractivity contribution is 0.425. The maximum atomic E-state index is 13.9. The number of anilines is 3. The van der Waals surface area contributed by atoms with Gasteiger partial charge in [0.25, 0.3) is 0 Å². The number of likely N-dealkylation sites (N-methyl/N-ethyl adjacent to an activating group) is 1. The summed E-state index contributed by atoms with van der Waals surface area (Å²) in [5.74, 6) is 1.16. The van der Waals surface area contributed by atoms with Gasteiger partial charge in [-0.1, -0.05) is 12.1 Å². The van der Waals surface area contributed by atoms with Gasteiger partial charge in [-0.2, -0.15) is 10.1 Å². The van der Waals surface area contributed by atoms with Crippen LogP contribution in [0.3, 0.4) is 0 Å². The zero-order chi connectivity index (χ0) is 17.6. The average Bonchev–Trinajstić information content (AvgIpc) is 2.62. The molecule has 0 amide bonds. The van der Waals surface area contributed by atoms with Crippen LogP contribution in [0.1, 0.15) is 0 Å². The van der Waals surface area contributed by atoms with Gasteiger partial charge in [0.15, 0.2) is 5.82 Å². The number of piperazine rings is 1. The van der Waals surface area contributed by atoms with Crippen LogP contribution in [0.4, 0.5) is 21.8 Å². The van der Waals surface area contributed by atoms with E-state index in [1.54, 1.807) is 12.3 Å². The molecule has 1 N–H and O–H groups in total. The number of hydrogen-bond donors (Lipinski definition) is 1. The molecule has 3 rings (SSSR count). The van der Waals surface area contributed by atoms with Crippen LogP contribution in [-0.2, 0) is 0 Å². The summed E-state index contributed by atoms with van der Waals surface area (Å²) in [6, 6.07) is 6.89. The highest BCUT2D eigenvalue weighted by atomic mass is 19.1. The molecule has 1 fully saturated rings. The molecule has 1 saturated heterocycles. The van der Waals surface area contributed by atoms with Gasteiger partial charge in [0.1, 0.15) is 5.82 Å². The van der Waals surface area contributed by atoms with Gasteiger partial charge < -0.3 is 20.0 Å². The Morgan fingerprint density at radius 3 is 2.56 bits per heavy atom. The van der Waals surface area contributed by atoms with E-state index < -0.39 is 0 Å². The van der Waals surface area contributed by atoms with E-state index in [4.69, 9.17) is 0 Å². The highest BCUT2D eigenvalue weighted by molar-refractivity contribution is 5.50. The number of benzene rings is 1. The molecule has 1 aromatic heterocycles. The second-order valence-corrected chi connectivity index (χ2v) is 6.30. The van der Waals surface area contributed by atoms with Gasteiger partial charge in [-0.05, 0) is 26.2 Å². The third-order valence-electron chi connectivity index (χ3n) is 4.17. The summed E-state index contributed by atoms with van der Waals surface area (Å²) in [7, 11) is 4.06. The molecule has 2 aromatic rings. The van der Waals surface area contributed by atoms with E-state index in [2.05, 4.69) is 35.2 Å². The predicted molar refractivity (Wildman–Crippen MR) is 97.7 cm³/mol. The highest BCUT2D eigenvalue weighted by Crippen LogP contribution is 2.21. The van der Waals surface area contributed by atoms with Crippen molar-refractivity contribution in [1.82, 2.24) is 20.1 Å². The fraction of sp³-hybridized carbons (Fsp3) is 0.471. The molecule has 25 heavy (non-hydrogen) atoms. The van der Waals surface area contributed by atoms with Gasteiger partial charge in [0.05, 0.1) is 11.9 Å². The summed E-state index contributed by atoms with van der Waals surface area (Å²) in [5, 5.41) is 11.4. The van der Waals surface area contributed by atoms with Gasteiger partial charge >= 0.3 is 0 Å². The number of halogens is 1. The first-order chi connectivity index (χ1) is 12.1. The molecule has 0 bridgehead atoms. The predicted octanol–water partition coefficient (Wildman–Crippen LogP) is 1.31. The first kappa shape index (κ1) is 17.3. The van der Waals surface area contributed by atoms with Gasteiger partial charge in [-0.3, -0.25) is 0 Å². The summed E-state index contributed by atoms with van der Waals surface area (Å²) < 4.78 is 13.9. The summed E-state index contributed by atoms with van der Waals surface area (Å²) in [5.41, 5.74) is 0.653. The number of aromatic nitrogens is 3. The summed E-state index contributed by atoms with van der Waals surface area (Å²) in [4.78, 5) is 10.8. The topological polar surface area (TPSA) is 60.4 Å². The van der Waals surface area contributed by atoms with Crippen LogP contribution in [0.5, 0.6) is 0 Å². The quantitative estimate of drug-likeness (QED) is 0.847. The fourth-order valence-corrected chi connectivity index (χ4v) is 2.78. The van der Waals surface area contributed by atoms with Crippen molar-refractivity contribution < 1.29 is 4.39 Å². The number of nitrogens with zero attached hydrogens (tertiary/aromatic N) is 6. The Hall–Kier alpha value is -2.48. The molecule has 0 radical (unpaired) electrons. The van der Waals surface area contributed by atoms with Crippen LogP contribution in [0.25, 0.3) is 0 Å². The van der Waals surface area contributed by atoms with Crippen LogP contribution in [0.15, 0.2) is 30.5 Å². The molecule has 0 aliphatic carbocycles. The minimum absolute atomic E-state index is 0.180. The molecule has 1 aliphatic rings. The Morgan fingerprint density at radius 1 is 1.12 bits per heavy atom. The number of hydrogen-bond acceptors (Lipinski definition) is 7. The van der Waals surface area contributed by atoms with Gasteiger partial charge in [-0.15, -0.1) is 5.10 Å². The van der Waals surface area contributed by atoms with Crippen molar-refractivity contribution >= 4 is 17.5 Å². The molecule has 0 unspecified atom stereocenters. The van der Waals surface area contributed by atoms with Crippen molar-refractivity contribution in [3.05, 3.63) is 36.3 Å². The third-order valence-corrected chi connectivity index (χ3v) is 4.17. The van der Waals surface area contributed by atoms with E-state index in [0.717, 1.165) is 45.1 Å².